The molecule has 0 aliphatic carbocycles. The van der Waals surface area contributed by atoms with Crippen LogP contribution < -0.4 is 5.32 Å². The van der Waals surface area contributed by atoms with Gasteiger partial charge in [-0.1, -0.05) is 24.3 Å². The Balaban J connectivity index is 1.93. The third-order valence-corrected chi connectivity index (χ3v) is 3.39. The highest BCUT2D eigenvalue weighted by Gasteiger charge is 2.17. The molecule has 0 unspecified atom stereocenters. The molecule has 0 saturated heterocycles. The predicted molar refractivity (Wildman–Crippen MR) is 77.2 cm³/mol. The van der Waals surface area contributed by atoms with Crippen LogP contribution >= 0.6 is 0 Å². The van der Waals surface area contributed by atoms with Crippen LogP contribution in [-0.4, -0.2) is 26.7 Å². The Labute approximate surface area is 119 Å². The van der Waals surface area contributed by atoms with Gasteiger partial charge in [-0.25, -0.2) is 9.67 Å². The fraction of sp³-hybridized carbons (Fsp3) is 0.400. The number of carbonyl (C=O) groups excluding carboxylic acids is 1. The van der Waals surface area contributed by atoms with Crippen LogP contribution in [0.5, 0.6) is 0 Å². The van der Waals surface area contributed by atoms with Gasteiger partial charge >= 0.3 is 0 Å². The molecule has 5 heteroatoms. The SMILES string of the molecule is Cc1ccccc1C[C@@H](C)NC(=O)[C@@H](C)n1cncn1. The van der Waals surface area contributed by atoms with E-state index < -0.39 is 0 Å². The Bertz CT molecular complexity index is 565. The summed E-state index contributed by atoms with van der Waals surface area (Å²) in [6, 6.07) is 7.95. The molecular formula is C15H20N4O. The molecule has 0 fully saturated rings. The Morgan fingerprint density at radius 2 is 2.10 bits per heavy atom. The van der Waals surface area contributed by atoms with Crippen molar-refractivity contribution in [3.63, 3.8) is 0 Å². The second-order valence-corrected chi connectivity index (χ2v) is 5.09. The second kappa shape index (κ2) is 6.32. The number of aryl methyl sites for hydroxylation is 1. The Morgan fingerprint density at radius 3 is 2.75 bits per heavy atom. The Morgan fingerprint density at radius 1 is 1.35 bits per heavy atom. The normalized spacial score (nSPS) is 13.8. The Hall–Kier alpha value is -2.17. The fourth-order valence-electron chi connectivity index (χ4n) is 2.12. The molecule has 106 valence electrons. The maximum atomic E-state index is 12.1. The number of hydrogen-bond acceptors (Lipinski definition) is 3. The zero-order valence-electron chi connectivity index (χ0n) is 12.1. The molecule has 5 nitrogen and oxygen atoms in total. The minimum Gasteiger partial charge on any atom is -0.351 e. The summed E-state index contributed by atoms with van der Waals surface area (Å²) in [6.45, 7) is 5.91. The van der Waals surface area contributed by atoms with Gasteiger partial charge in [-0.15, -0.1) is 0 Å². The summed E-state index contributed by atoms with van der Waals surface area (Å²) >= 11 is 0. The molecule has 1 N–H and O–H groups in total. The summed E-state index contributed by atoms with van der Waals surface area (Å²) in [4.78, 5) is 16.0. The molecular weight excluding hydrogens is 252 g/mol. The van der Waals surface area contributed by atoms with Crippen LogP contribution in [0.25, 0.3) is 0 Å². The van der Waals surface area contributed by atoms with Crippen molar-refractivity contribution in [2.75, 3.05) is 0 Å². The highest BCUT2D eigenvalue weighted by atomic mass is 16.2. The molecule has 0 aliphatic rings. The van der Waals surface area contributed by atoms with E-state index in [1.165, 1.54) is 17.5 Å². The number of rotatable bonds is 5. The highest BCUT2D eigenvalue weighted by Crippen LogP contribution is 2.10. The second-order valence-electron chi connectivity index (χ2n) is 5.09. The van der Waals surface area contributed by atoms with E-state index >= 15 is 0 Å². The molecule has 1 aromatic heterocycles. The van der Waals surface area contributed by atoms with Crippen LogP contribution in [0, 0.1) is 6.92 Å². The fourth-order valence-corrected chi connectivity index (χ4v) is 2.12. The zero-order chi connectivity index (χ0) is 14.5. The van der Waals surface area contributed by atoms with E-state index in [0.29, 0.717) is 0 Å². The average Bonchev–Trinajstić information content (AvgIpc) is 2.94. The van der Waals surface area contributed by atoms with E-state index in [2.05, 4.69) is 34.5 Å². The quantitative estimate of drug-likeness (QED) is 0.904. The first kappa shape index (κ1) is 14.2. The largest absolute Gasteiger partial charge is 0.351 e. The van der Waals surface area contributed by atoms with E-state index in [4.69, 9.17) is 0 Å². The minimum absolute atomic E-state index is 0.0448. The summed E-state index contributed by atoms with van der Waals surface area (Å²) in [5.41, 5.74) is 2.51. The van der Waals surface area contributed by atoms with E-state index in [9.17, 15) is 4.79 Å². The first-order valence-corrected chi connectivity index (χ1v) is 6.77. The van der Waals surface area contributed by atoms with Crippen LogP contribution in [0.2, 0.25) is 0 Å². The third kappa shape index (κ3) is 3.44. The summed E-state index contributed by atoms with van der Waals surface area (Å²) in [5, 5.41) is 7.00. The molecule has 0 spiro atoms. The standard InChI is InChI=1S/C15H20N4O/c1-11-6-4-5-7-14(11)8-12(2)18-15(20)13(3)19-10-16-9-17-19/h4-7,9-10,12-13H,8H2,1-3H3,(H,18,20)/t12-,13-/m1/s1. The topological polar surface area (TPSA) is 59.8 Å². The van der Waals surface area contributed by atoms with Gasteiger partial charge < -0.3 is 5.32 Å². The number of aromatic nitrogens is 3. The number of nitrogens with zero attached hydrogens (tertiary/aromatic N) is 3. The van der Waals surface area contributed by atoms with Gasteiger partial charge in [-0.3, -0.25) is 4.79 Å². The lowest BCUT2D eigenvalue weighted by Crippen LogP contribution is -2.38. The molecule has 0 saturated carbocycles. The Kier molecular flexibility index (Phi) is 4.50. The van der Waals surface area contributed by atoms with E-state index in [1.807, 2.05) is 26.0 Å². The van der Waals surface area contributed by atoms with Gasteiger partial charge in [0.2, 0.25) is 5.91 Å². The first-order chi connectivity index (χ1) is 9.58. The molecule has 1 amide bonds. The van der Waals surface area contributed by atoms with Crippen molar-refractivity contribution in [1.82, 2.24) is 20.1 Å². The van der Waals surface area contributed by atoms with Crippen LogP contribution in [-0.2, 0) is 11.2 Å². The molecule has 1 aromatic carbocycles. The maximum Gasteiger partial charge on any atom is 0.244 e. The van der Waals surface area contributed by atoms with Gasteiger partial charge in [0.15, 0.2) is 0 Å². The maximum absolute atomic E-state index is 12.1. The van der Waals surface area contributed by atoms with Gasteiger partial charge in [0.05, 0.1) is 0 Å². The summed E-state index contributed by atoms with van der Waals surface area (Å²) < 4.78 is 1.55. The number of nitrogens with one attached hydrogen (secondary N) is 1. The molecule has 2 aromatic rings. The molecule has 2 rings (SSSR count). The smallest absolute Gasteiger partial charge is 0.244 e. The molecule has 20 heavy (non-hydrogen) atoms. The van der Waals surface area contributed by atoms with E-state index in [0.717, 1.165) is 6.42 Å². The van der Waals surface area contributed by atoms with Crippen molar-refractivity contribution < 1.29 is 4.79 Å². The minimum atomic E-state index is -0.350. The van der Waals surface area contributed by atoms with Crippen molar-refractivity contribution >= 4 is 5.91 Å². The number of benzene rings is 1. The van der Waals surface area contributed by atoms with Crippen LogP contribution in [0.15, 0.2) is 36.9 Å². The molecule has 1 heterocycles. The molecule has 0 radical (unpaired) electrons. The van der Waals surface area contributed by atoms with Gasteiger partial charge in [0.25, 0.3) is 0 Å². The number of hydrogen-bond donors (Lipinski definition) is 1. The lowest BCUT2D eigenvalue weighted by atomic mass is 10.0. The van der Waals surface area contributed by atoms with Gasteiger partial charge in [-0.2, -0.15) is 5.10 Å². The molecule has 2 atom stereocenters. The van der Waals surface area contributed by atoms with E-state index in [-0.39, 0.29) is 18.0 Å². The zero-order valence-corrected chi connectivity index (χ0v) is 12.1. The summed E-state index contributed by atoms with van der Waals surface area (Å²) in [5.74, 6) is -0.0448. The van der Waals surface area contributed by atoms with Crippen molar-refractivity contribution in [2.45, 2.75) is 39.3 Å². The van der Waals surface area contributed by atoms with E-state index in [1.54, 1.807) is 11.0 Å². The number of carbonyl (C=O) groups is 1. The lowest BCUT2D eigenvalue weighted by Gasteiger charge is -2.18. The van der Waals surface area contributed by atoms with Crippen molar-refractivity contribution in [3.05, 3.63) is 48.0 Å². The molecule has 0 aliphatic heterocycles. The summed E-state index contributed by atoms with van der Waals surface area (Å²) in [6.07, 6.45) is 3.80. The predicted octanol–water partition coefficient (Wildman–Crippen LogP) is 1.89. The average molecular weight is 272 g/mol. The van der Waals surface area contributed by atoms with Crippen LogP contribution in [0.3, 0.4) is 0 Å². The third-order valence-electron chi connectivity index (χ3n) is 3.39. The summed E-state index contributed by atoms with van der Waals surface area (Å²) in [7, 11) is 0. The van der Waals surface area contributed by atoms with Crippen molar-refractivity contribution in [3.8, 4) is 0 Å². The van der Waals surface area contributed by atoms with Gasteiger partial charge in [0, 0.05) is 6.04 Å². The van der Waals surface area contributed by atoms with Gasteiger partial charge in [-0.05, 0) is 38.3 Å². The lowest BCUT2D eigenvalue weighted by molar-refractivity contribution is -0.124. The van der Waals surface area contributed by atoms with Crippen LogP contribution in [0.4, 0.5) is 0 Å². The molecule has 0 bridgehead atoms. The highest BCUT2D eigenvalue weighted by molar-refractivity contribution is 5.80. The van der Waals surface area contributed by atoms with Crippen LogP contribution in [0.1, 0.15) is 31.0 Å². The van der Waals surface area contributed by atoms with Crippen molar-refractivity contribution in [1.29, 1.82) is 0 Å². The van der Waals surface area contributed by atoms with Crippen molar-refractivity contribution in [2.24, 2.45) is 0 Å². The first-order valence-electron chi connectivity index (χ1n) is 6.77. The number of amides is 1. The monoisotopic (exact) mass is 272 g/mol. The van der Waals surface area contributed by atoms with Gasteiger partial charge in [0.1, 0.15) is 18.7 Å².